The SMILES string of the molecule is O=C(O)c1cccc(-c2cccc(-c3nc(-c4ccccc4)n(-c4ccccc4)n3)c2)c1. The third kappa shape index (κ3) is 3.79. The molecule has 0 saturated heterocycles. The molecule has 1 N–H and O–H groups in total. The van der Waals surface area contributed by atoms with Crippen molar-refractivity contribution in [2.45, 2.75) is 0 Å². The molecule has 0 radical (unpaired) electrons. The zero-order chi connectivity index (χ0) is 21.9. The minimum Gasteiger partial charge on any atom is -0.478 e. The molecule has 5 rings (SSSR count). The van der Waals surface area contributed by atoms with Gasteiger partial charge in [-0.1, -0.05) is 78.9 Å². The molecule has 0 aliphatic carbocycles. The second kappa shape index (κ2) is 8.32. The standard InChI is InChI=1S/C27H19N3O2/c31-27(32)23-14-8-12-21(18-23)20-11-7-13-22(17-20)25-28-26(19-9-3-1-4-10-19)30(29-25)24-15-5-2-6-16-24/h1-18H,(H,31,32). The number of nitrogens with zero attached hydrogens (tertiary/aromatic N) is 3. The maximum Gasteiger partial charge on any atom is 0.335 e. The average Bonchev–Trinajstić information content (AvgIpc) is 3.31. The normalized spacial score (nSPS) is 10.8. The topological polar surface area (TPSA) is 68.0 Å². The summed E-state index contributed by atoms with van der Waals surface area (Å²) in [6.07, 6.45) is 0. The van der Waals surface area contributed by atoms with Crippen LogP contribution < -0.4 is 0 Å². The van der Waals surface area contributed by atoms with E-state index in [2.05, 4.69) is 0 Å². The Hall–Kier alpha value is -4.51. The number of carboxylic acids is 1. The molecular weight excluding hydrogens is 398 g/mol. The minimum atomic E-state index is -0.946. The van der Waals surface area contributed by atoms with Gasteiger partial charge in [-0.05, 0) is 41.5 Å². The van der Waals surface area contributed by atoms with E-state index in [9.17, 15) is 9.90 Å². The van der Waals surface area contributed by atoms with Crippen molar-refractivity contribution >= 4 is 5.97 Å². The van der Waals surface area contributed by atoms with Crippen LogP contribution in [-0.4, -0.2) is 25.8 Å². The first-order chi connectivity index (χ1) is 15.7. The Kier molecular flexibility index (Phi) is 5.06. The van der Waals surface area contributed by atoms with Gasteiger partial charge in [-0.3, -0.25) is 0 Å². The molecule has 0 amide bonds. The van der Waals surface area contributed by atoms with Crippen LogP contribution in [0.25, 0.3) is 39.6 Å². The molecule has 0 bridgehead atoms. The fourth-order valence-electron chi connectivity index (χ4n) is 3.63. The third-order valence-electron chi connectivity index (χ3n) is 5.20. The molecule has 5 nitrogen and oxygen atoms in total. The highest BCUT2D eigenvalue weighted by Crippen LogP contribution is 2.28. The van der Waals surface area contributed by atoms with E-state index in [1.54, 1.807) is 18.2 Å². The van der Waals surface area contributed by atoms with E-state index in [0.717, 1.165) is 33.8 Å². The molecule has 32 heavy (non-hydrogen) atoms. The van der Waals surface area contributed by atoms with Crippen molar-refractivity contribution < 1.29 is 9.90 Å². The molecule has 0 fully saturated rings. The number of hydrogen-bond donors (Lipinski definition) is 1. The van der Waals surface area contributed by atoms with Crippen LogP contribution in [0.3, 0.4) is 0 Å². The summed E-state index contributed by atoms with van der Waals surface area (Å²) < 4.78 is 1.85. The first kappa shape index (κ1) is 19.5. The van der Waals surface area contributed by atoms with E-state index < -0.39 is 5.97 Å². The maximum atomic E-state index is 11.4. The third-order valence-corrected chi connectivity index (χ3v) is 5.20. The van der Waals surface area contributed by atoms with Crippen LogP contribution in [-0.2, 0) is 0 Å². The van der Waals surface area contributed by atoms with Crippen LogP contribution in [0.4, 0.5) is 0 Å². The lowest BCUT2D eigenvalue weighted by Crippen LogP contribution is -1.99. The second-order valence-corrected chi connectivity index (χ2v) is 7.34. The van der Waals surface area contributed by atoms with Crippen molar-refractivity contribution in [1.82, 2.24) is 14.8 Å². The minimum absolute atomic E-state index is 0.255. The zero-order valence-corrected chi connectivity index (χ0v) is 17.1. The number of carbonyl (C=O) groups is 1. The van der Waals surface area contributed by atoms with Crippen molar-refractivity contribution in [2.75, 3.05) is 0 Å². The van der Waals surface area contributed by atoms with E-state index in [1.165, 1.54) is 0 Å². The highest BCUT2D eigenvalue weighted by molar-refractivity contribution is 5.89. The Labute approximate surface area is 185 Å². The molecule has 5 aromatic rings. The Bertz CT molecular complexity index is 1340. The average molecular weight is 417 g/mol. The van der Waals surface area contributed by atoms with Gasteiger partial charge < -0.3 is 5.11 Å². The van der Waals surface area contributed by atoms with Crippen LogP contribution in [0, 0.1) is 0 Å². The van der Waals surface area contributed by atoms with Gasteiger partial charge in [-0.15, -0.1) is 5.10 Å². The summed E-state index contributed by atoms with van der Waals surface area (Å²) in [7, 11) is 0. The van der Waals surface area contributed by atoms with Gasteiger partial charge in [-0.25, -0.2) is 14.5 Å². The van der Waals surface area contributed by atoms with Gasteiger partial charge in [-0.2, -0.15) is 0 Å². The molecule has 0 unspecified atom stereocenters. The van der Waals surface area contributed by atoms with Gasteiger partial charge in [0.2, 0.25) is 0 Å². The lowest BCUT2D eigenvalue weighted by Gasteiger charge is -2.05. The number of hydrogen-bond acceptors (Lipinski definition) is 3. The lowest BCUT2D eigenvalue weighted by atomic mass is 10.0. The molecule has 4 aromatic carbocycles. The number of aromatic nitrogens is 3. The van der Waals surface area contributed by atoms with Crippen molar-refractivity contribution in [3.8, 4) is 39.6 Å². The summed E-state index contributed by atoms with van der Waals surface area (Å²) in [4.78, 5) is 16.2. The van der Waals surface area contributed by atoms with Gasteiger partial charge in [0.25, 0.3) is 0 Å². The summed E-state index contributed by atoms with van der Waals surface area (Å²) in [5.41, 5.74) is 4.75. The highest BCUT2D eigenvalue weighted by atomic mass is 16.4. The monoisotopic (exact) mass is 417 g/mol. The smallest absolute Gasteiger partial charge is 0.335 e. The van der Waals surface area contributed by atoms with Gasteiger partial charge in [0, 0.05) is 11.1 Å². The molecule has 0 spiro atoms. The van der Waals surface area contributed by atoms with Gasteiger partial charge in [0.15, 0.2) is 11.6 Å². The van der Waals surface area contributed by atoms with Crippen LogP contribution >= 0.6 is 0 Å². The zero-order valence-electron chi connectivity index (χ0n) is 17.1. The molecule has 154 valence electrons. The van der Waals surface area contributed by atoms with Crippen molar-refractivity contribution in [3.05, 3.63) is 115 Å². The number of aromatic carboxylic acids is 1. The highest BCUT2D eigenvalue weighted by Gasteiger charge is 2.15. The van der Waals surface area contributed by atoms with E-state index >= 15 is 0 Å². The molecule has 0 atom stereocenters. The molecule has 5 heteroatoms. The quantitative estimate of drug-likeness (QED) is 0.383. The first-order valence-electron chi connectivity index (χ1n) is 10.2. The predicted molar refractivity (Wildman–Crippen MR) is 125 cm³/mol. The first-order valence-corrected chi connectivity index (χ1v) is 10.2. The van der Waals surface area contributed by atoms with Crippen LogP contribution in [0.2, 0.25) is 0 Å². The van der Waals surface area contributed by atoms with Crippen molar-refractivity contribution in [2.24, 2.45) is 0 Å². The van der Waals surface area contributed by atoms with E-state index in [-0.39, 0.29) is 5.56 Å². The van der Waals surface area contributed by atoms with E-state index in [4.69, 9.17) is 10.1 Å². The fourth-order valence-corrected chi connectivity index (χ4v) is 3.63. The largest absolute Gasteiger partial charge is 0.478 e. The van der Waals surface area contributed by atoms with Crippen molar-refractivity contribution in [1.29, 1.82) is 0 Å². The summed E-state index contributed by atoms with van der Waals surface area (Å²) in [6, 6.07) is 34.6. The van der Waals surface area contributed by atoms with Gasteiger partial charge >= 0.3 is 5.97 Å². The maximum absolute atomic E-state index is 11.4. The molecule has 1 heterocycles. The number of carboxylic acid groups (broad SMARTS) is 1. The molecule has 0 aliphatic heterocycles. The Balaban J connectivity index is 1.62. The summed E-state index contributed by atoms with van der Waals surface area (Å²) >= 11 is 0. The van der Waals surface area contributed by atoms with Crippen LogP contribution in [0.5, 0.6) is 0 Å². The van der Waals surface area contributed by atoms with E-state index in [1.807, 2.05) is 95.7 Å². The molecule has 0 aliphatic rings. The summed E-state index contributed by atoms with van der Waals surface area (Å²) in [6.45, 7) is 0. The Morgan fingerprint density at radius 3 is 1.97 bits per heavy atom. The molecule has 1 aromatic heterocycles. The van der Waals surface area contributed by atoms with Crippen LogP contribution in [0.15, 0.2) is 109 Å². The van der Waals surface area contributed by atoms with Crippen molar-refractivity contribution in [3.63, 3.8) is 0 Å². The number of para-hydroxylation sites is 1. The lowest BCUT2D eigenvalue weighted by molar-refractivity contribution is 0.0697. The second-order valence-electron chi connectivity index (χ2n) is 7.34. The number of benzene rings is 4. The number of rotatable bonds is 5. The fraction of sp³-hybridized carbons (Fsp3) is 0. The van der Waals surface area contributed by atoms with Gasteiger partial charge in [0.05, 0.1) is 11.3 Å². The Morgan fingerprint density at radius 1 is 0.656 bits per heavy atom. The molecule has 0 saturated carbocycles. The van der Waals surface area contributed by atoms with Crippen LogP contribution in [0.1, 0.15) is 10.4 Å². The Morgan fingerprint density at radius 2 is 1.25 bits per heavy atom. The summed E-state index contributed by atoms with van der Waals surface area (Å²) in [5, 5.41) is 14.1. The summed E-state index contributed by atoms with van der Waals surface area (Å²) in [5.74, 6) is 0.410. The predicted octanol–water partition coefficient (Wildman–Crippen LogP) is 5.97. The van der Waals surface area contributed by atoms with Gasteiger partial charge in [0.1, 0.15) is 0 Å². The molecular formula is C27H19N3O2. The van der Waals surface area contributed by atoms with E-state index in [0.29, 0.717) is 5.82 Å².